The van der Waals surface area contributed by atoms with Crippen molar-refractivity contribution in [3.8, 4) is 5.75 Å². The van der Waals surface area contributed by atoms with Gasteiger partial charge in [0.05, 0.1) is 12.8 Å². The minimum absolute atomic E-state index is 0.206. The fourth-order valence-electron chi connectivity index (χ4n) is 2.15. The molecular formula is C17H21FN2O. The van der Waals surface area contributed by atoms with Crippen LogP contribution in [-0.2, 0) is 13.1 Å². The standard InChI is InChI=1S/C17H21FN2O/c1-20(2)16-9-6-14(10-17(16)21-3)12-19-11-13-4-7-15(18)8-5-13/h4-10,19H,11-12H2,1-3H3. The Morgan fingerprint density at radius 1 is 1.00 bits per heavy atom. The summed E-state index contributed by atoms with van der Waals surface area (Å²) in [7, 11) is 5.66. The minimum Gasteiger partial charge on any atom is -0.495 e. The average molecular weight is 288 g/mol. The number of anilines is 1. The van der Waals surface area contributed by atoms with Crippen LogP contribution in [0.25, 0.3) is 0 Å². The number of ether oxygens (including phenoxy) is 1. The van der Waals surface area contributed by atoms with Gasteiger partial charge in [0.15, 0.2) is 0 Å². The molecule has 0 amide bonds. The SMILES string of the molecule is COc1cc(CNCc2ccc(F)cc2)ccc1N(C)C. The van der Waals surface area contributed by atoms with Crippen molar-refractivity contribution in [3.05, 3.63) is 59.4 Å². The molecule has 112 valence electrons. The lowest BCUT2D eigenvalue weighted by atomic mass is 10.1. The van der Waals surface area contributed by atoms with Gasteiger partial charge in [0.25, 0.3) is 0 Å². The Hall–Kier alpha value is -2.07. The van der Waals surface area contributed by atoms with Gasteiger partial charge in [-0.05, 0) is 35.4 Å². The summed E-state index contributed by atoms with van der Waals surface area (Å²) in [5, 5.41) is 3.35. The molecule has 3 nitrogen and oxygen atoms in total. The van der Waals surface area contributed by atoms with Crippen LogP contribution in [0.5, 0.6) is 5.75 Å². The number of halogens is 1. The van der Waals surface area contributed by atoms with E-state index in [0.29, 0.717) is 6.54 Å². The van der Waals surface area contributed by atoms with Crippen LogP contribution in [0.4, 0.5) is 10.1 Å². The maximum absolute atomic E-state index is 12.8. The number of hydrogen-bond donors (Lipinski definition) is 1. The molecule has 0 atom stereocenters. The third kappa shape index (κ3) is 4.20. The van der Waals surface area contributed by atoms with Crippen LogP contribution in [0.15, 0.2) is 42.5 Å². The van der Waals surface area contributed by atoms with Crippen LogP contribution in [0, 0.1) is 5.82 Å². The number of methoxy groups -OCH3 is 1. The van der Waals surface area contributed by atoms with Gasteiger partial charge in [-0.15, -0.1) is 0 Å². The van der Waals surface area contributed by atoms with E-state index < -0.39 is 0 Å². The summed E-state index contributed by atoms with van der Waals surface area (Å²) in [5.41, 5.74) is 3.27. The number of nitrogens with one attached hydrogen (secondary N) is 1. The van der Waals surface area contributed by atoms with Crippen molar-refractivity contribution in [1.29, 1.82) is 0 Å². The fourth-order valence-corrected chi connectivity index (χ4v) is 2.15. The molecule has 0 aliphatic heterocycles. The van der Waals surface area contributed by atoms with Crippen LogP contribution in [0.1, 0.15) is 11.1 Å². The van der Waals surface area contributed by atoms with E-state index in [0.717, 1.165) is 29.1 Å². The predicted molar refractivity (Wildman–Crippen MR) is 84.3 cm³/mol. The highest BCUT2D eigenvalue weighted by Crippen LogP contribution is 2.27. The normalized spacial score (nSPS) is 10.5. The van der Waals surface area contributed by atoms with Gasteiger partial charge in [-0.1, -0.05) is 18.2 Å². The van der Waals surface area contributed by atoms with Crippen LogP contribution in [0.3, 0.4) is 0 Å². The number of hydrogen-bond acceptors (Lipinski definition) is 3. The molecule has 0 aromatic heterocycles. The molecule has 2 aromatic carbocycles. The van der Waals surface area contributed by atoms with Gasteiger partial charge >= 0.3 is 0 Å². The van der Waals surface area contributed by atoms with E-state index in [9.17, 15) is 4.39 Å². The van der Waals surface area contributed by atoms with Gasteiger partial charge in [-0.2, -0.15) is 0 Å². The lowest BCUT2D eigenvalue weighted by molar-refractivity contribution is 0.414. The Morgan fingerprint density at radius 3 is 2.24 bits per heavy atom. The summed E-state index contributed by atoms with van der Waals surface area (Å²) in [6.07, 6.45) is 0. The lowest BCUT2D eigenvalue weighted by Gasteiger charge is -2.17. The highest BCUT2D eigenvalue weighted by atomic mass is 19.1. The molecule has 4 heteroatoms. The van der Waals surface area contributed by atoms with Crippen molar-refractivity contribution in [2.75, 3.05) is 26.1 Å². The summed E-state index contributed by atoms with van der Waals surface area (Å²) >= 11 is 0. The molecule has 0 aliphatic rings. The van der Waals surface area contributed by atoms with E-state index in [4.69, 9.17) is 4.74 Å². The Balaban J connectivity index is 1.95. The first kappa shape index (κ1) is 15.3. The molecule has 0 heterocycles. The highest BCUT2D eigenvalue weighted by Gasteiger charge is 2.06. The quantitative estimate of drug-likeness (QED) is 0.883. The monoisotopic (exact) mass is 288 g/mol. The molecule has 0 aliphatic carbocycles. The molecule has 0 fully saturated rings. The Bertz CT molecular complexity index is 582. The van der Waals surface area contributed by atoms with E-state index in [1.165, 1.54) is 12.1 Å². The van der Waals surface area contributed by atoms with E-state index >= 15 is 0 Å². The molecule has 0 unspecified atom stereocenters. The van der Waals surface area contributed by atoms with Crippen molar-refractivity contribution in [3.63, 3.8) is 0 Å². The second-order valence-corrected chi connectivity index (χ2v) is 5.13. The number of rotatable bonds is 6. The van der Waals surface area contributed by atoms with Crippen molar-refractivity contribution >= 4 is 5.69 Å². The Labute approximate surface area is 125 Å². The van der Waals surface area contributed by atoms with Crippen LogP contribution in [0.2, 0.25) is 0 Å². The molecule has 21 heavy (non-hydrogen) atoms. The molecule has 2 aromatic rings. The second kappa shape index (κ2) is 7.09. The van der Waals surface area contributed by atoms with Crippen molar-refractivity contribution < 1.29 is 9.13 Å². The maximum Gasteiger partial charge on any atom is 0.142 e. The van der Waals surface area contributed by atoms with Gasteiger partial charge < -0.3 is 15.0 Å². The molecular weight excluding hydrogens is 267 g/mol. The topological polar surface area (TPSA) is 24.5 Å². The van der Waals surface area contributed by atoms with Gasteiger partial charge in [-0.25, -0.2) is 4.39 Å². The fraction of sp³-hybridized carbons (Fsp3) is 0.294. The second-order valence-electron chi connectivity index (χ2n) is 5.13. The third-order valence-corrected chi connectivity index (χ3v) is 3.30. The van der Waals surface area contributed by atoms with Gasteiger partial charge in [0.1, 0.15) is 11.6 Å². The summed E-state index contributed by atoms with van der Waals surface area (Å²) in [5.74, 6) is 0.656. The minimum atomic E-state index is -0.206. The van der Waals surface area contributed by atoms with Crippen LogP contribution >= 0.6 is 0 Å². The van der Waals surface area contributed by atoms with E-state index in [1.807, 2.05) is 31.1 Å². The zero-order chi connectivity index (χ0) is 15.2. The van der Waals surface area contributed by atoms with Gasteiger partial charge in [0.2, 0.25) is 0 Å². The first-order chi connectivity index (χ1) is 10.1. The van der Waals surface area contributed by atoms with Crippen LogP contribution in [-0.4, -0.2) is 21.2 Å². The Kier molecular flexibility index (Phi) is 5.17. The summed E-state index contributed by atoms with van der Waals surface area (Å²) < 4.78 is 18.2. The molecule has 0 bridgehead atoms. The van der Waals surface area contributed by atoms with Crippen LogP contribution < -0.4 is 15.0 Å². The molecule has 0 saturated carbocycles. The first-order valence-electron chi connectivity index (χ1n) is 6.89. The molecule has 0 saturated heterocycles. The number of nitrogens with zero attached hydrogens (tertiary/aromatic N) is 1. The Morgan fingerprint density at radius 2 is 1.62 bits per heavy atom. The zero-order valence-corrected chi connectivity index (χ0v) is 12.7. The van der Waals surface area contributed by atoms with Crippen molar-refractivity contribution in [2.45, 2.75) is 13.1 Å². The molecule has 0 spiro atoms. The van der Waals surface area contributed by atoms with E-state index in [2.05, 4.69) is 11.4 Å². The van der Waals surface area contributed by atoms with Gasteiger partial charge in [0, 0.05) is 27.2 Å². The lowest BCUT2D eigenvalue weighted by Crippen LogP contribution is -2.14. The predicted octanol–water partition coefficient (Wildman–Crippen LogP) is 3.19. The largest absolute Gasteiger partial charge is 0.495 e. The third-order valence-electron chi connectivity index (χ3n) is 3.30. The smallest absolute Gasteiger partial charge is 0.142 e. The van der Waals surface area contributed by atoms with E-state index in [-0.39, 0.29) is 5.82 Å². The van der Waals surface area contributed by atoms with Crippen molar-refractivity contribution in [2.24, 2.45) is 0 Å². The van der Waals surface area contributed by atoms with E-state index in [1.54, 1.807) is 19.2 Å². The molecule has 0 radical (unpaired) electrons. The summed E-state index contributed by atoms with van der Waals surface area (Å²) in [6.45, 7) is 1.44. The highest BCUT2D eigenvalue weighted by molar-refractivity contribution is 5.58. The molecule has 2 rings (SSSR count). The zero-order valence-electron chi connectivity index (χ0n) is 12.7. The maximum atomic E-state index is 12.8. The van der Waals surface area contributed by atoms with Crippen molar-refractivity contribution in [1.82, 2.24) is 5.32 Å². The number of benzene rings is 2. The van der Waals surface area contributed by atoms with Gasteiger partial charge in [-0.3, -0.25) is 0 Å². The summed E-state index contributed by atoms with van der Waals surface area (Å²) in [6, 6.07) is 12.7. The first-order valence-corrected chi connectivity index (χ1v) is 6.89. The molecule has 1 N–H and O–H groups in total. The summed E-state index contributed by atoms with van der Waals surface area (Å²) in [4.78, 5) is 2.02. The average Bonchev–Trinajstić information content (AvgIpc) is 2.49.